The third-order valence-corrected chi connectivity index (χ3v) is 3.21. The van der Waals surface area contributed by atoms with E-state index in [4.69, 9.17) is 0 Å². The second-order valence-corrected chi connectivity index (χ2v) is 4.62. The van der Waals surface area contributed by atoms with Gasteiger partial charge in [0.1, 0.15) is 0 Å². The van der Waals surface area contributed by atoms with Crippen molar-refractivity contribution in [3.63, 3.8) is 0 Å². The van der Waals surface area contributed by atoms with E-state index < -0.39 is 0 Å². The number of ether oxygens (including phenoxy) is 1. The molecule has 0 heterocycles. The lowest BCUT2D eigenvalue weighted by molar-refractivity contribution is -0.141. The van der Waals surface area contributed by atoms with Crippen molar-refractivity contribution in [2.75, 3.05) is 20.2 Å². The Morgan fingerprint density at radius 3 is 2.67 bits per heavy atom. The molecule has 0 spiro atoms. The summed E-state index contributed by atoms with van der Waals surface area (Å²) in [6, 6.07) is 6.50. The van der Waals surface area contributed by atoms with Gasteiger partial charge in [0.25, 0.3) is 0 Å². The fourth-order valence-electron chi connectivity index (χ4n) is 1.91. The average Bonchev–Trinajstić information content (AvgIpc) is 2.37. The molecule has 1 aromatic rings. The molecule has 0 fully saturated rings. The molecule has 100 valence electrons. The van der Waals surface area contributed by atoms with Crippen molar-refractivity contribution in [3.8, 4) is 0 Å². The Morgan fingerprint density at radius 2 is 2.06 bits per heavy atom. The number of nitrogens with zero attached hydrogens (tertiary/aromatic N) is 1. The fourth-order valence-corrected chi connectivity index (χ4v) is 1.91. The second-order valence-electron chi connectivity index (χ2n) is 4.62. The molecule has 1 rings (SSSR count). The first-order valence-electron chi connectivity index (χ1n) is 6.42. The normalized spacial score (nSPS) is 10.7. The summed E-state index contributed by atoms with van der Waals surface area (Å²) in [5.41, 5.74) is 3.92. The number of hydrogen-bond donors (Lipinski definition) is 0. The van der Waals surface area contributed by atoms with Crippen molar-refractivity contribution in [2.45, 2.75) is 33.7 Å². The molecule has 0 atom stereocenters. The highest BCUT2D eigenvalue weighted by Crippen LogP contribution is 2.13. The number of carbonyl (C=O) groups is 1. The predicted octanol–water partition coefficient (Wildman–Crippen LogP) is 2.69. The SMILES string of the molecule is CCN(CCC(=O)OC)Cc1cc(C)ccc1C. The van der Waals surface area contributed by atoms with Gasteiger partial charge in [0.2, 0.25) is 0 Å². The molecule has 0 unspecified atom stereocenters. The third kappa shape index (κ3) is 4.49. The van der Waals surface area contributed by atoms with Crippen LogP contribution < -0.4 is 0 Å². The molecule has 18 heavy (non-hydrogen) atoms. The van der Waals surface area contributed by atoms with E-state index in [9.17, 15) is 4.79 Å². The highest BCUT2D eigenvalue weighted by atomic mass is 16.5. The molecule has 0 saturated heterocycles. The van der Waals surface area contributed by atoms with Gasteiger partial charge < -0.3 is 4.74 Å². The monoisotopic (exact) mass is 249 g/mol. The summed E-state index contributed by atoms with van der Waals surface area (Å²) in [6.45, 7) is 8.92. The summed E-state index contributed by atoms with van der Waals surface area (Å²) < 4.78 is 4.67. The summed E-state index contributed by atoms with van der Waals surface area (Å²) in [4.78, 5) is 13.4. The van der Waals surface area contributed by atoms with Gasteiger partial charge in [0, 0.05) is 13.1 Å². The molecular weight excluding hydrogens is 226 g/mol. The Bertz CT molecular complexity index is 401. The number of carbonyl (C=O) groups excluding carboxylic acids is 1. The maximum absolute atomic E-state index is 11.2. The highest BCUT2D eigenvalue weighted by molar-refractivity contribution is 5.69. The van der Waals surface area contributed by atoms with Crippen LogP contribution in [-0.4, -0.2) is 31.1 Å². The standard InChI is InChI=1S/C15H23NO2/c1-5-16(9-8-15(17)18-4)11-14-10-12(2)6-7-13(14)3/h6-7,10H,5,8-9,11H2,1-4H3. The van der Waals surface area contributed by atoms with Gasteiger partial charge in [0.15, 0.2) is 0 Å². The highest BCUT2D eigenvalue weighted by Gasteiger charge is 2.09. The molecule has 0 radical (unpaired) electrons. The Hall–Kier alpha value is -1.35. The van der Waals surface area contributed by atoms with E-state index in [2.05, 4.69) is 48.6 Å². The number of hydrogen-bond acceptors (Lipinski definition) is 3. The molecule has 0 saturated carbocycles. The Labute approximate surface area is 110 Å². The topological polar surface area (TPSA) is 29.5 Å². The predicted molar refractivity (Wildman–Crippen MR) is 73.5 cm³/mol. The van der Waals surface area contributed by atoms with E-state index in [-0.39, 0.29) is 5.97 Å². The molecular formula is C15H23NO2. The van der Waals surface area contributed by atoms with Crippen molar-refractivity contribution in [2.24, 2.45) is 0 Å². The average molecular weight is 249 g/mol. The van der Waals surface area contributed by atoms with E-state index in [1.807, 2.05) is 0 Å². The molecule has 0 aromatic heterocycles. The first-order valence-corrected chi connectivity index (χ1v) is 6.42. The molecule has 0 N–H and O–H groups in total. The van der Waals surface area contributed by atoms with Gasteiger partial charge in [-0.1, -0.05) is 30.7 Å². The van der Waals surface area contributed by atoms with Crippen LogP contribution in [0.3, 0.4) is 0 Å². The number of aryl methyl sites for hydroxylation is 2. The van der Waals surface area contributed by atoms with Crippen LogP contribution in [0.5, 0.6) is 0 Å². The van der Waals surface area contributed by atoms with Crippen molar-refractivity contribution >= 4 is 5.97 Å². The number of rotatable bonds is 6. The van der Waals surface area contributed by atoms with Crippen LogP contribution in [0, 0.1) is 13.8 Å². The number of benzene rings is 1. The van der Waals surface area contributed by atoms with Crippen LogP contribution in [0.25, 0.3) is 0 Å². The fraction of sp³-hybridized carbons (Fsp3) is 0.533. The second kappa shape index (κ2) is 7.17. The Kier molecular flexibility index (Phi) is 5.86. The van der Waals surface area contributed by atoms with Crippen molar-refractivity contribution in [1.82, 2.24) is 4.90 Å². The summed E-state index contributed by atoms with van der Waals surface area (Å²) in [6.07, 6.45) is 0.454. The molecule has 0 aliphatic heterocycles. The zero-order chi connectivity index (χ0) is 13.5. The van der Waals surface area contributed by atoms with Crippen LogP contribution in [0.4, 0.5) is 0 Å². The van der Waals surface area contributed by atoms with Crippen LogP contribution in [0.1, 0.15) is 30.0 Å². The van der Waals surface area contributed by atoms with E-state index in [1.54, 1.807) is 0 Å². The number of methoxy groups -OCH3 is 1. The molecule has 0 aliphatic rings. The largest absolute Gasteiger partial charge is 0.469 e. The molecule has 0 aliphatic carbocycles. The maximum atomic E-state index is 11.2. The van der Waals surface area contributed by atoms with Gasteiger partial charge in [0.05, 0.1) is 13.5 Å². The minimum Gasteiger partial charge on any atom is -0.469 e. The van der Waals surface area contributed by atoms with E-state index in [1.165, 1.54) is 23.8 Å². The van der Waals surface area contributed by atoms with E-state index in [0.29, 0.717) is 6.42 Å². The van der Waals surface area contributed by atoms with Crippen molar-refractivity contribution in [3.05, 3.63) is 34.9 Å². The van der Waals surface area contributed by atoms with E-state index in [0.717, 1.165) is 19.6 Å². The molecule has 0 bridgehead atoms. The smallest absolute Gasteiger partial charge is 0.306 e. The lowest BCUT2D eigenvalue weighted by Gasteiger charge is -2.21. The lowest BCUT2D eigenvalue weighted by Crippen LogP contribution is -2.26. The third-order valence-electron chi connectivity index (χ3n) is 3.21. The van der Waals surface area contributed by atoms with Crippen LogP contribution >= 0.6 is 0 Å². The van der Waals surface area contributed by atoms with Gasteiger partial charge in [-0.25, -0.2) is 0 Å². The molecule has 3 nitrogen and oxygen atoms in total. The van der Waals surface area contributed by atoms with Crippen molar-refractivity contribution < 1.29 is 9.53 Å². The zero-order valence-electron chi connectivity index (χ0n) is 11.8. The molecule has 0 amide bonds. The minimum atomic E-state index is -0.144. The van der Waals surface area contributed by atoms with Crippen LogP contribution in [0.2, 0.25) is 0 Å². The quantitative estimate of drug-likeness (QED) is 0.726. The van der Waals surface area contributed by atoms with E-state index >= 15 is 0 Å². The maximum Gasteiger partial charge on any atom is 0.306 e. The molecule has 3 heteroatoms. The van der Waals surface area contributed by atoms with Gasteiger partial charge in [-0.2, -0.15) is 0 Å². The lowest BCUT2D eigenvalue weighted by atomic mass is 10.1. The minimum absolute atomic E-state index is 0.144. The summed E-state index contributed by atoms with van der Waals surface area (Å²) in [5.74, 6) is -0.144. The number of esters is 1. The van der Waals surface area contributed by atoms with Crippen molar-refractivity contribution in [1.29, 1.82) is 0 Å². The first kappa shape index (κ1) is 14.7. The zero-order valence-corrected chi connectivity index (χ0v) is 11.8. The first-order chi connectivity index (χ1) is 8.56. The molecule has 1 aromatic carbocycles. The Morgan fingerprint density at radius 1 is 1.33 bits per heavy atom. The Balaban J connectivity index is 2.62. The van der Waals surface area contributed by atoms with Crippen LogP contribution in [-0.2, 0) is 16.1 Å². The summed E-state index contributed by atoms with van der Waals surface area (Å²) >= 11 is 0. The summed E-state index contributed by atoms with van der Waals surface area (Å²) in [7, 11) is 1.43. The van der Waals surface area contributed by atoms with Crippen LogP contribution in [0.15, 0.2) is 18.2 Å². The van der Waals surface area contributed by atoms with Gasteiger partial charge in [-0.15, -0.1) is 0 Å². The van der Waals surface area contributed by atoms with Gasteiger partial charge >= 0.3 is 5.97 Å². The van der Waals surface area contributed by atoms with Gasteiger partial charge in [-0.05, 0) is 31.5 Å². The van der Waals surface area contributed by atoms with Gasteiger partial charge in [-0.3, -0.25) is 9.69 Å². The summed E-state index contributed by atoms with van der Waals surface area (Å²) in [5, 5.41) is 0.